The van der Waals surface area contributed by atoms with E-state index in [1.807, 2.05) is 0 Å². The number of carbonyl (C=O) groups is 2. The highest BCUT2D eigenvalue weighted by Crippen LogP contribution is 2.40. The van der Waals surface area contributed by atoms with Crippen LogP contribution in [0.3, 0.4) is 0 Å². The molecule has 0 saturated carbocycles. The molecule has 0 saturated heterocycles. The summed E-state index contributed by atoms with van der Waals surface area (Å²) in [6.07, 6.45) is -4.86. The molecule has 2 aromatic rings. The standard InChI is InChI=1S/C18H13Cl2F3N2O4/c1-9(2)16(26)24(15-13(19)7-10(25(28)29)8-14(15)20)17(27)11-5-3-4-6-12(11)18(21,22)23/h3-9H,1-2H3. The van der Waals surface area contributed by atoms with Crippen LogP contribution in [0, 0.1) is 16.0 Å². The Morgan fingerprint density at radius 3 is 2.07 bits per heavy atom. The van der Waals surface area contributed by atoms with Crippen LogP contribution in [0.5, 0.6) is 0 Å². The van der Waals surface area contributed by atoms with E-state index in [1.165, 1.54) is 19.9 Å². The number of anilines is 1. The topological polar surface area (TPSA) is 80.5 Å². The van der Waals surface area contributed by atoms with E-state index in [9.17, 15) is 32.9 Å². The lowest BCUT2D eigenvalue weighted by molar-refractivity contribution is -0.384. The molecule has 0 aliphatic rings. The lowest BCUT2D eigenvalue weighted by atomic mass is 10.0. The average Bonchev–Trinajstić information content (AvgIpc) is 2.62. The summed E-state index contributed by atoms with van der Waals surface area (Å²) >= 11 is 12.1. The molecule has 0 aromatic heterocycles. The highest BCUT2D eigenvalue weighted by molar-refractivity contribution is 6.42. The summed E-state index contributed by atoms with van der Waals surface area (Å²) < 4.78 is 40.1. The lowest BCUT2D eigenvalue weighted by Crippen LogP contribution is -2.41. The van der Waals surface area contributed by atoms with Crippen molar-refractivity contribution >= 4 is 46.4 Å². The van der Waals surface area contributed by atoms with Crippen LogP contribution < -0.4 is 4.90 Å². The number of alkyl halides is 3. The van der Waals surface area contributed by atoms with Gasteiger partial charge in [0.05, 0.1) is 31.8 Å². The summed E-state index contributed by atoms with van der Waals surface area (Å²) in [6, 6.07) is 5.63. The minimum absolute atomic E-state index is 0.420. The van der Waals surface area contributed by atoms with Gasteiger partial charge in [0.2, 0.25) is 5.91 Å². The third-order valence-corrected chi connectivity index (χ3v) is 4.39. The van der Waals surface area contributed by atoms with Crippen molar-refractivity contribution in [3.05, 3.63) is 67.7 Å². The Labute approximate surface area is 173 Å². The largest absolute Gasteiger partial charge is 0.417 e. The first-order valence-corrected chi connectivity index (χ1v) is 8.79. The summed E-state index contributed by atoms with van der Waals surface area (Å²) in [4.78, 5) is 36.3. The smallest absolute Gasteiger partial charge is 0.274 e. The van der Waals surface area contributed by atoms with Gasteiger partial charge >= 0.3 is 6.18 Å². The van der Waals surface area contributed by atoms with Crippen LogP contribution >= 0.6 is 23.2 Å². The van der Waals surface area contributed by atoms with Gasteiger partial charge in [-0.05, 0) is 12.1 Å². The van der Waals surface area contributed by atoms with Crippen molar-refractivity contribution in [1.29, 1.82) is 0 Å². The lowest BCUT2D eigenvalue weighted by Gasteiger charge is -2.26. The van der Waals surface area contributed by atoms with Gasteiger partial charge in [-0.3, -0.25) is 19.7 Å². The van der Waals surface area contributed by atoms with Gasteiger partial charge in [0, 0.05) is 18.1 Å². The molecule has 154 valence electrons. The summed E-state index contributed by atoms with van der Waals surface area (Å²) in [5, 5.41) is 10.1. The number of non-ortho nitro benzene ring substituents is 1. The minimum Gasteiger partial charge on any atom is -0.274 e. The third-order valence-electron chi connectivity index (χ3n) is 3.82. The van der Waals surface area contributed by atoms with Crippen LogP contribution in [0.15, 0.2) is 36.4 Å². The number of benzene rings is 2. The molecule has 0 radical (unpaired) electrons. The predicted octanol–water partition coefficient (Wildman–Crippen LogP) is 5.75. The Balaban J connectivity index is 2.74. The minimum atomic E-state index is -4.86. The fourth-order valence-corrected chi connectivity index (χ4v) is 3.12. The first kappa shape index (κ1) is 22.6. The number of rotatable bonds is 4. The Morgan fingerprint density at radius 2 is 1.62 bits per heavy atom. The number of hydrogen-bond acceptors (Lipinski definition) is 4. The monoisotopic (exact) mass is 448 g/mol. The Kier molecular flexibility index (Phi) is 6.54. The molecule has 2 aromatic carbocycles. The number of nitro groups is 1. The van der Waals surface area contributed by atoms with E-state index in [-0.39, 0.29) is 0 Å². The number of amides is 2. The molecular formula is C18H13Cl2F3N2O4. The zero-order chi connectivity index (χ0) is 22.1. The Hall–Kier alpha value is -2.65. The van der Waals surface area contributed by atoms with Crippen LogP contribution in [0.2, 0.25) is 10.0 Å². The number of carbonyl (C=O) groups excluding carboxylic acids is 2. The van der Waals surface area contributed by atoms with Crippen molar-refractivity contribution in [2.75, 3.05) is 4.90 Å². The van der Waals surface area contributed by atoms with Gasteiger partial charge in [-0.25, -0.2) is 4.90 Å². The maximum Gasteiger partial charge on any atom is 0.417 e. The Morgan fingerprint density at radius 1 is 1.10 bits per heavy atom. The third kappa shape index (κ3) is 4.68. The molecule has 6 nitrogen and oxygen atoms in total. The Bertz CT molecular complexity index is 970. The quantitative estimate of drug-likeness (QED) is 0.440. The summed E-state index contributed by atoms with van der Waals surface area (Å²) in [6.45, 7) is 2.84. The maximum atomic E-state index is 13.4. The zero-order valence-electron chi connectivity index (χ0n) is 15.0. The molecule has 0 aliphatic heterocycles. The number of imide groups is 1. The SMILES string of the molecule is CC(C)C(=O)N(C(=O)c1ccccc1C(F)(F)F)c1c(Cl)cc([N+](=O)[O-])cc1Cl. The van der Waals surface area contributed by atoms with E-state index >= 15 is 0 Å². The molecule has 29 heavy (non-hydrogen) atoms. The van der Waals surface area contributed by atoms with Crippen LogP contribution in [0.1, 0.15) is 29.8 Å². The molecular weight excluding hydrogens is 436 g/mol. The average molecular weight is 449 g/mol. The van der Waals surface area contributed by atoms with Gasteiger partial charge in [-0.2, -0.15) is 13.2 Å². The van der Waals surface area contributed by atoms with Crippen molar-refractivity contribution in [3.8, 4) is 0 Å². The van der Waals surface area contributed by atoms with E-state index in [0.29, 0.717) is 11.0 Å². The number of nitrogens with zero attached hydrogens (tertiary/aromatic N) is 2. The fourth-order valence-electron chi connectivity index (χ4n) is 2.48. The first-order chi connectivity index (χ1) is 13.4. The second kappa shape index (κ2) is 8.38. The van der Waals surface area contributed by atoms with Gasteiger partial charge in [-0.15, -0.1) is 0 Å². The van der Waals surface area contributed by atoms with E-state index in [1.54, 1.807) is 0 Å². The molecule has 2 rings (SSSR count). The maximum absolute atomic E-state index is 13.4. The van der Waals surface area contributed by atoms with Crippen molar-refractivity contribution in [1.82, 2.24) is 0 Å². The van der Waals surface area contributed by atoms with Gasteiger partial charge < -0.3 is 0 Å². The second-order valence-electron chi connectivity index (χ2n) is 6.19. The molecule has 0 fully saturated rings. The fraction of sp³-hybridized carbons (Fsp3) is 0.222. The molecule has 11 heteroatoms. The molecule has 0 heterocycles. The van der Waals surface area contributed by atoms with Crippen LogP contribution in [0.4, 0.5) is 24.5 Å². The van der Waals surface area contributed by atoms with Crippen molar-refractivity contribution in [3.63, 3.8) is 0 Å². The van der Waals surface area contributed by atoms with Gasteiger partial charge in [-0.1, -0.05) is 49.2 Å². The highest BCUT2D eigenvalue weighted by atomic mass is 35.5. The van der Waals surface area contributed by atoms with Crippen molar-refractivity contribution in [2.24, 2.45) is 5.92 Å². The molecule has 0 aliphatic carbocycles. The second-order valence-corrected chi connectivity index (χ2v) is 7.01. The zero-order valence-corrected chi connectivity index (χ0v) is 16.5. The van der Waals surface area contributed by atoms with Crippen LogP contribution in [-0.2, 0) is 11.0 Å². The summed E-state index contributed by atoms with van der Waals surface area (Å²) in [5.74, 6) is -3.02. The van der Waals surface area contributed by atoms with Gasteiger partial charge in [0.25, 0.3) is 11.6 Å². The number of hydrogen-bond donors (Lipinski definition) is 0. The van der Waals surface area contributed by atoms with Crippen LogP contribution in [-0.4, -0.2) is 16.7 Å². The first-order valence-electron chi connectivity index (χ1n) is 8.04. The number of nitro benzene ring substituents is 1. The van der Waals surface area contributed by atoms with E-state index in [4.69, 9.17) is 23.2 Å². The normalized spacial score (nSPS) is 11.4. The van der Waals surface area contributed by atoms with E-state index < -0.39 is 61.4 Å². The van der Waals surface area contributed by atoms with Crippen molar-refractivity contribution in [2.45, 2.75) is 20.0 Å². The van der Waals surface area contributed by atoms with Gasteiger partial charge in [0.1, 0.15) is 0 Å². The predicted molar refractivity (Wildman–Crippen MR) is 101 cm³/mol. The molecule has 0 N–H and O–H groups in total. The van der Waals surface area contributed by atoms with Gasteiger partial charge in [0.15, 0.2) is 0 Å². The number of halogens is 5. The molecule has 0 atom stereocenters. The summed E-state index contributed by atoms with van der Waals surface area (Å²) in [7, 11) is 0. The molecule has 0 unspecified atom stereocenters. The molecule has 0 bridgehead atoms. The highest BCUT2D eigenvalue weighted by Gasteiger charge is 2.39. The molecule has 0 spiro atoms. The van der Waals surface area contributed by atoms with Crippen LogP contribution in [0.25, 0.3) is 0 Å². The molecule has 2 amide bonds. The van der Waals surface area contributed by atoms with E-state index in [2.05, 4.69) is 0 Å². The van der Waals surface area contributed by atoms with Crippen molar-refractivity contribution < 1.29 is 27.7 Å². The van der Waals surface area contributed by atoms with E-state index in [0.717, 1.165) is 24.3 Å². The summed E-state index contributed by atoms with van der Waals surface area (Å²) in [5.41, 5.74) is -2.98.